The number of thiophene rings is 1. The molecule has 1 aromatic heterocycles. The molecule has 2 rings (SSSR count). The minimum atomic E-state index is -0.929. The molecule has 0 atom stereocenters. The lowest BCUT2D eigenvalue weighted by molar-refractivity contribution is -0.132. The summed E-state index contributed by atoms with van der Waals surface area (Å²) in [5.74, 6) is -0.929. The van der Waals surface area contributed by atoms with Gasteiger partial charge in [0.05, 0.1) is 10.6 Å². The van der Waals surface area contributed by atoms with Crippen molar-refractivity contribution in [2.24, 2.45) is 0 Å². The second kappa shape index (κ2) is 5.91. The predicted octanol–water partition coefficient (Wildman–Crippen LogP) is 4.43. The van der Waals surface area contributed by atoms with E-state index in [2.05, 4.69) is 0 Å². The first-order valence-corrected chi connectivity index (χ1v) is 6.97. The molecule has 0 radical (unpaired) electrons. The molecule has 0 aliphatic heterocycles. The number of nitrogens with zero attached hydrogens (tertiary/aromatic N) is 1. The molecule has 5 heteroatoms. The maximum Gasteiger partial charge on any atom is 0.331 e. The third kappa shape index (κ3) is 3.08. The van der Waals surface area contributed by atoms with Gasteiger partial charge < -0.3 is 5.11 Å². The standard InChI is InChI=1S/C15H10ClNO2S/c1-9(15(18)19)4-13-5-12(8-20-13)10-2-3-11(7-17)14(16)6-10/h2-6,8H,1H3,(H,18,19)/b9-4+. The number of nitriles is 1. The summed E-state index contributed by atoms with van der Waals surface area (Å²) in [5, 5.41) is 20.0. The maximum atomic E-state index is 10.8. The van der Waals surface area contributed by atoms with Crippen molar-refractivity contribution in [2.75, 3.05) is 0 Å². The van der Waals surface area contributed by atoms with Gasteiger partial charge in [-0.1, -0.05) is 17.7 Å². The van der Waals surface area contributed by atoms with Crippen molar-refractivity contribution >= 4 is 35.0 Å². The van der Waals surface area contributed by atoms with Crippen molar-refractivity contribution in [1.82, 2.24) is 0 Å². The summed E-state index contributed by atoms with van der Waals surface area (Å²) in [6, 6.07) is 9.14. The molecule has 1 aromatic carbocycles. The molecule has 0 spiro atoms. The monoisotopic (exact) mass is 303 g/mol. The van der Waals surface area contributed by atoms with Crippen LogP contribution in [0.3, 0.4) is 0 Å². The van der Waals surface area contributed by atoms with Crippen molar-refractivity contribution < 1.29 is 9.90 Å². The Kier molecular flexibility index (Phi) is 4.23. The first kappa shape index (κ1) is 14.3. The van der Waals surface area contributed by atoms with E-state index in [0.717, 1.165) is 16.0 Å². The van der Waals surface area contributed by atoms with E-state index >= 15 is 0 Å². The van der Waals surface area contributed by atoms with Crippen LogP contribution >= 0.6 is 22.9 Å². The Hall–Kier alpha value is -2.09. The second-order valence-electron chi connectivity index (χ2n) is 4.18. The van der Waals surface area contributed by atoms with E-state index in [0.29, 0.717) is 10.6 Å². The largest absolute Gasteiger partial charge is 0.478 e. The summed E-state index contributed by atoms with van der Waals surface area (Å²) < 4.78 is 0. The van der Waals surface area contributed by atoms with Crippen molar-refractivity contribution in [3.63, 3.8) is 0 Å². The Morgan fingerprint density at radius 3 is 2.75 bits per heavy atom. The Bertz CT molecular complexity index is 741. The highest BCUT2D eigenvalue weighted by atomic mass is 35.5. The van der Waals surface area contributed by atoms with Crippen LogP contribution in [-0.2, 0) is 4.79 Å². The van der Waals surface area contributed by atoms with Crippen LogP contribution in [0.25, 0.3) is 17.2 Å². The van der Waals surface area contributed by atoms with Crippen molar-refractivity contribution in [2.45, 2.75) is 6.92 Å². The molecule has 0 saturated carbocycles. The number of hydrogen-bond acceptors (Lipinski definition) is 3. The molecule has 0 aliphatic carbocycles. The van der Waals surface area contributed by atoms with Crippen LogP contribution in [0.5, 0.6) is 0 Å². The SMILES string of the molecule is C/C(=C\c1cc(-c2ccc(C#N)c(Cl)c2)cs1)C(=O)O. The minimum absolute atomic E-state index is 0.288. The highest BCUT2D eigenvalue weighted by molar-refractivity contribution is 7.11. The first-order chi connectivity index (χ1) is 9.51. The van der Waals surface area contributed by atoms with Crippen LogP contribution in [0.2, 0.25) is 5.02 Å². The minimum Gasteiger partial charge on any atom is -0.478 e. The molecule has 100 valence electrons. The molecular formula is C15H10ClNO2S. The highest BCUT2D eigenvalue weighted by Crippen LogP contribution is 2.30. The van der Waals surface area contributed by atoms with Gasteiger partial charge >= 0.3 is 5.97 Å². The first-order valence-electron chi connectivity index (χ1n) is 5.71. The van der Waals surface area contributed by atoms with E-state index in [1.807, 2.05) is 23.6 Å². The summed E-state index contributed by atoms with van der Waals surface area (Å²) in [6.45, 7) is 1.56. The van der Waals surface area contributed by atoms with E-state index in [1.54, 1.807) is 25.1 Å². The van der Waals surface area contributed by atoms with Crippen LogP contribution in [0.1, 0.15) is 17.4 Å². The van der Waals surface area contributed by atoms with Gasteiger partial charge in [-0.2, -0.15) is 5.26 Å². The van der Waals surface area contributed by atoms with Crippen LogP contribution in [0, 0.1) is 11.3 Å². The predicted molar refractivity (Wildman–Crippen MR) is 80.8 cm³/mol. The summed E-state index contributed by atoms with van der Waals surface area (Å²) in [4.78, 5) is 11.6. The third-order valence-corrected chi connectivity index (χ3v) is 3.93. The number of carbonyl (C=O) groups is 1. The zero-order valence-corrected chi connectivity index (χ0v) is 12.1. The number of aliphatic carboxylic acids is 1. The summed E-state index contributed by atoms with van der Waals surface area (Å²) >= 11 is 7.46. The second-order valence-corrected chi connectivity index (χ2v) is 5.53. The molecule has 3 nitrogen and oxygen atoms in total. The van der Waals surface area contributed by atoms with Gasteiger partial charge in [0.15, 0.2) is 0 Å². The summed E-state index contributed by atoms with van der Waals surface area (Å²) in [7, 11) is 0. The molecule has 1 heterocycles. The molecule has 0 unspecified atom stereocenters. The third-order valence-electron chi connectivity index (χ3n) is 2.74. The fourth-order valence-corrected chi connectivity index (χ4v) is 2.77. The normalized spacial score (nSPS) is 11.2. The average Bonchev–Trinajstić information content (AvgIpc) is 2.87. The average molecular weight is 304 g/mol. The molecule has 20 heavy (non-hydrogen) atoms. The zero-order valence-electron chi connectivity index (χ0n) is 10.6. The van der Waals surface area contributed by atoms with Gasteiger partial charge in [0.1, 0.15) is 6.07 Å². The lowest BCUT2D eigenvalue weighted by Crippen LogP contribution is -1.94. The molecule has 0 saturated heterocycles. The van der Waals surface area contributed by atoms with Crippen molar-refractivity contribution in [3.8, 4) is 17.2 Å². The topological polar surface area (TPSA) is 61.1 Å². The van der Waals surface area contributed by atoms with E-state index in [4.69, 9.17) is 22.0 Å². The van der Waals surface area contributed by atoms with Crippen LogP contribution in [0.15, 0.2) is 35.2 Å². The number of halogens is 1. The smallest absolute Gasteiger partial charge is 0.331 e. The Morgan fingerprint density at radius 2 is 2.15 bits per heavy atom. The van der Waals surface area contributed by atoms with E-state index in [9.17, 15) is 4.79 Å². The number of carboxylic acids is 1. The van der Waals surface area contributed by atoms with Gasteiger partial charge in [-0.05, 0) is 47.7 Å². The van der Waals surface area contributed by atoms with E-state index in [-0.39, 0.29) is 5.57 Å². The number of carboxylic acid groups (broad SMARTS) is 1. The maximum absolute atomic E-state index is 10.8. The van der Waals surface area contributed by atoms with Gasteiger partial charge in [-0.25, -0.2) is 4.79 Å². The number of hydrogen-bond donors (Lipinski definition) is 1. The Balaban J connectivity index is 2.34. The fourth-order valence-electron chi connectivity index (χ4n) is 1.64. The molecule has 0 aliphatic rings. The van der Waals surface area contributed by atoms with E-state index in [1.165, 1.54) is 11.3 Å². The summed E-state index contributed by atoms with van der Waals surface area (Å²) in [5.41, 5.74) is 2.58. The van der Waals surface area contributed by atoms with E-state index < -0.39 is 5.97 Å². The lowest BCUT2D eigenvalue weighted by Gasteiger charge is -2.00. The molecular weight excluding hydrogens is 294 g/mol. The van der Waals surface area contributed by atoms with Crippen LogP contribution in [0.4, 0.5) is 0 Å². The molecule has 0 bridgehead atoms. The van der Waals surface area contributed by atoms with Gasteiger partial charge in [0, 0.05) is 10.5 Å². The van der Waals surface area contributed by atoms with Crippen LogP contribution < -0.4 is 0 Å². The molecule has 0 amide bonds. The Morgan fingerprint density at radius 1 is 1.40 bits per heavy atom. The number of rotatable bonds is 3. The molecule has 0 fully saturated rings. The van der Waals surface area contributed by atoms with Gasteiger partial charge in [0.25, 0.3) is 0 Å². The van der Waals surface area contributed by atoms with Gasteiger partial charge in [-0.15, -0.1) is 11.3 Å². The fraction of sp³-hybridized carbons (Fsp3) is 0.0667. The highest BCUT2D eigenvalue weighted by Gasteiger charge is 2.06. The molecule has 1 N–H and O–H groups in total. The molecule has 2 aromatic rings. The summed E-state index contributed by atoms with van der Waals surface area (Å²) in [6.07, 6.45) is 1.63. The van der Waals surface area contributed by atoms with Gasteiger partial charge in [-0.3, -0.25) is 0 Å². The van der Waals surface area contributed by atoms with Crippen molar-refractivity contribution in [1.29, 1.82) is 5.26 Å². The van der Waals surface area contributed by atoms with Crippen molar-refractivity contribution in [3.05, 3.63) is 50.7 Å². The number of benzene rings is 1. The quantitative estimate of drug-likeness (QED) is 0.853. The zero-order chi connectivity index (χ0) is 14.7. The Labute approximate surface area is 125 Å². The van der Waals surface area contributed by atoms with Gasteiger partial charge in [0.2, 0.25) is 0 Å². The lowest BCUT2D eigenvalue weighted by atomic mass is 10.1. The van der Waals surface area contributed by atoms with Crippen LogP contribution in [-0.4, -0.2) is 11.1 Å².